The van der Waals surface area contributed by atoms with Gasteiger partial charge in [0.05, 0.1) is 19.3 Å². The molecule has 0 aliphatic carbocycles. The van der Waals surface area contributed by atoms with Gasteiger partial charge in [0.1, 0.15) is 11.1 Å². The van der Waals surface area contributed by atoms with Crippen LogP contribution < -0.4 is 5.32 Å². The van der Waals surface area contributed by atoms with Crippen molar-refractivity contribution in [1.82, 2.24) is 10.2 Å². The molecule has 1 aromatic rings. The fourth-order valence-corrected chi connectivity index (χ4v) is 2.98. The number of likely N-dealkylation sites (tertiary alicyclic amines) is 1. The van der Waals surface area contributed by atoms with Crippen molar-refractivity contribution in [3.8, 4) is 0 Å². The SMILES string of the molecule is CC(C)(C)OC(=O)N1CC2(C1)NC(=O)c1cc(C=NO)ccc12. The lowest BCUT2D eigenvalue weighted by Crippen LogP contribution is -2.66. The highest BCUT2D eigenvalue weighted by molar-refractivity contribution is 6.02. The molecule has 23 heavy (non-hydrogen) atoms. The molecule has 1 saturated heterocycles. The second-order valence-corrected chi connectivity index (χ2v) is 6.92. The van der Waals surface area contributed by atoms with Crippen LogP contribution in [0.2, 0.25) is 0 Å². The molecule has 2 amide bonds. The number of nitrogens with one attached hydrogen (secondary N) is 1. The van der Waals surface area contributed by atoms with E-state index in [1.807, 2.05) is 26.8 Å². The maximum Gasteiger partial charge on any atom is 0.410 e. The molecular weight excluding hydrogens is 298 g/mol. The highest BCUT2D eigenvalue weighted by atomic mass is 16.6. The number of hydrogen-bond donors (Lipinski definition) is 2. The number of nitrogens with zero attached hydrogens (tertiary/aromatic N) is 2. The number of amides is 2. The predicted octanol–water partition coefficient (Wildman–Crippen LogP) is 1.68. The number of fused-ring (bicyclic) bond motifs is 2. The fraction of sp³-hybridized carbons (Fsp3) is 0.438. The molecule has 0 bridgehead atoms. The maximum absolute atomic E-state index is 12.2. The van der Waals surface area contributed by atoms with Gasteiger partial charge in [0.2, 0.25) is 0 Å². The number of ether oxygens (including phenoxy) is 1. The van der Waals surface area contributed by atoms with Gasteiger partial charge < -0.3 is 20.2 Å². The molecular formula is C16H19N3O4. The summed E-state index contributed by atoms with van der Waals surface area (Å²) >= 11 is 0. The van der Waals surface area contributed by atoms with Gasteiger partial charge in [0.15, 0.2) is 0 Å². The normalized spacial score (nSPS) is 18.7. The van der Waals surface area contributed by atoms with Gasteiger partial charge in [-0.3, -0.25) is 4.79 Å². The quantitative estimate of drug-likeness (QED) is 0.468. The van der Waals surface area contributed by atoms with Crippen molar-refractivity contribution >= 4 is 18.2 Å². The van der Waals surface area contributed by atoms with Gasteiger partial charge in [-0.15, -0.1) is 0 Å². The molecule has 0 atom stereocenters. The highest BCUT2D eigenvalue weighted by Crippen LogP contribution is 2.39. The van der Waals surface area contributed by atoms with E-state index in [0.717, 1.165) is 5.56 Å². The van der Waals surface area contributed by atoms with Crippen LogP contribution in [0, 0.1) is 0 Å². The predicted molar refractivity (Wildman–Crippen MR) is 82.8 cm³/mol. The molecule has 3 rings (SSSR count). The van der Waals surface area contributed by atoms with E-state index in [2.05, 4.69) is 10.5 Å². The Morgan fingerprint density at radius 3 is 2.74 bits per heavy atom. The Labute approximate surface area is 133 Å². The molecule has 0 radical (unpaired) electrons. The van der Waals surface area contributed by atoms with E-state index in [9.17, 15) is 9.59 Å². The number of rotatable bonds is 1. The van der Waals surface area contributed by atoms with Crippen molar-refractivity contribution in [2.75, 3.05) is 13.1 Å². The molecule has 7 heteroatoms. The van der Waals surface area contributed by atoms with Crippen molar-refractivity contribution in [2.45, 2.75) is 31.9 Å². The molecule has 2 aliphatic rings. The topological polar surface area (TPSA) is 91.2 Å². The Hall–Kier alpha value is -2.57. The lowest BCUT2D eigenvalue weighted by molar-refractivity contribution is -0.0145. The minimum Gasteiger partial charge on any atom is -0.444 e. The molecule has 2 N–H and O–H groups in total. The van der Waals surface area contributed by atoms with Crippen LogP contribution in [0.5, 0.6) is 0 Å². The summed E-state index contributed by atoms with van der Waals surface area (Å²) in [7, 11) is 0. The molecule has 0 unspecified atom stereocenters. The lowest BCUT2D eigenvalue weighted by atomic mass is 9.83. The second-order valence-electron chi connectivity index (χ2n) is 6.92. The van der Waals surface area contributed by atoms with Gasteiger partial charge in [-0.2, -0.15) is 0 Å². The zero-order valence-corrected chi connectivity index (χ0v) is 13.3. The van der Waals surface area contributed by atoms with E-state index in [1.165, 1.54) is 6.21 Å². The number of carbonyl (C=O) groups excluding carboxylic acids is 2. The Kier molecular flexibility index (Phi) is 3.31. The van der Waals surface area contributed by atoms with Gasteiger partial charge in [0, 0.05) is 5.56 Å². The Balaban J connectivity index is 1.78. The molecule has 2 heterocycles. The van der Waals surface area contributed by atoms with Crippen molar-refractivity contribution in [3.63, 3.8) is 0 Å². The fourth-order valence-electron chi connectivity index (χ4n) is 2.98. The summed E-state index contributed by atoms with van der Waals surface area (Å²) in [5, 5.41) is 14.5. The average molecular weight is 317 g/mol. The summed E-state index contributed by atoms with van der Waals surface area (Å²) in [6, 6.07) is 5.28. The van der Waals surface area contributed by atoms with Crippen molar-refractivity contribution in [2.24, 2.45) is 5.16 Å². The zero-order chi connectivity index (χ0) is 16.8. The van der Waals surface area contributed by atoms with Crippen LogP contribution in [0.3, 0.4) is 0 Å². The third-order valence-corrected chi connectivity index (χ3v) is 3.94. The molecule has 1 aromatic carbocycles. The Morgan fingerprint density at radius 2 is 2.13 bits per heavy atom. The standard InChI is InChI=1S/C16H19N3O4/c1-15(2,3)23-14(21)19-8-16(9-19)12-5-4-10(7-17-22)6-11(12)13(20)18-16/h4-7,22H,8-9H2,1-3H3,(H,18,20). The molecule has 0 aromatic heterocycles. The van der Waals surface area contributed by atoms with Crippen LogP contribution in [0.25, 0.3) is 0 Å². The number of benzene rings is 1. The smallest absolute Gasteiger partial charge is 0.410 e. The lowest BCUT2D eigenvalue weighted by Gasteiger charge is -2.48. The summed E-state index contributed by atoms with van der Waals surface area (Å²) in [6.07, 6.45) is 0.890. The van der Waals surface area contributed by atoms with Gasteiger partial charge in [-0.05, 0) is 38.0 Å². The van der Waals surface area contributed by atoms with E-state index in [-0.39, 0.29) is 12.0 Å². The van der Waals surface area contributed by atoms with E-state index >= 15 is 0 Å². The van der Waals surface area contributed by atoms with Gasteiger partial charge in [-0.25, -0.2) is 4.79 Å². The summed E-state index contributed by atoms with van der Waals surface area (Å²) in [5.41, 5.74) is 0.957. The summed E-state index contributed by atoms with van der Waals surface area (Å²) in [5.74, 6) is -0.183. The minimum atomic E-state index is -0.546. The Morgan fingerprint density at radius 1 is 1.43 bits per heavy atom. The first-order valence-electron chi connectivity index (χ1n) is 7.36. The molecule has 2 aliphatic heterocycles. The molecule has 1 spiro atoms. The third-order valence-electron chi connectivity index (χ3n) is 3.94. The third kappa shape index (κ3) is 2.62. The van der Waals surface area contributed by atoms with Crippen LogP contribution in [-0.2, 0) is 10.3 Å². The van der Waals surface area contributed by atoms with E-state index in [1.54, 1.807) is 17.0 Å². The average Bonchev–Trinajstić information content (AvgIpc) is 2.69. The first-order chi connectivity index (χ1) is 10.7. The maximum atomic E-state index is 12.2. The van der Waals surface area contributed by atoms with E-state index in [0.29, 0.717) is 24.2 Å². The summed E-state index contributed by atoms with van der Waals surface area (Å²) < 4.78 is 5.34. The zero-order valence-electron chi connectivity index (χ0n) is 13.3. The van der Waals surface area contributed by atoms with Crippen LogP contribution in [0.1, 0.15) is 42.3 Å². The first-order valence-corrected chi connectivity index (χ1v) is 7.36. The second kappa shape index (κ2) is 4.97. The minimum absolute atomic E-state index is 0.183. The number of hydrogen-bond acceptors (Lipinski definition) is 5. The first kappa shape index (κ1) is 15.3. The molecule has 7 nitrogen and oxygen atoms in total. The largest absolute Gasteiger partial charge is 0.444 e. The summed E-state index contributed by atoms with van der Waals surface area (Å²) in [6.45, 7) is 6.22. The van der Waals surface area contributed by atoms with E-state index < -0.39 is 11.1 Å². The molecule has 0 saturated carbocycles. The molecule has 1 fully saturated rings. The number of oxime groups is 1. The number of carbonyl (C=O) groups is 2. The highest BCUT2D eigenvalue weighted by Gasteiger charge is 2.53. The van der Waals surface area contributed by atoms with Crippen LogP contribution >= 0.6 is 0 Å². The van der Waals surface area contributed by atoms with Crippen LogP contribution in [0.4, 0.5) is 4.79 Å². The van der Waals surface area contributed by atoms with Crippen molar-refractivity contribution < 1.29 is 19.5 Å². The monoisotopic (exact) mass is 317 g/mol. The van der Waals surface area contributed by atoms with E-state index in [4.69, 9.17) is 9.94 Å². The molecule has 122 valence electrons. The van der Waals surface area contributed by atoms with Gasteiger partial charge >= 0.3 is 6.09 Å². The van der Waals surface area contributed by atoms with Crippen molar-refractivity contribution in [3.05, 3.63) is 34.9 Å². The van der Waals surface area contributed by atoms with Crippen LogP contribution in [0.15, 0.2) is 23.4 Å². The Bertz CT molecular complexity index is 700. The summed E-state index contributed by atoms with van der Waals surface area (Å²) in [4.78, 5) is 25.8. The van der Waals surface area contributed by atoms with Gasteiger partial charge in [-0.1, -0.05) is 17.3 Å². The van der Waals surface area contributed by atoms with Gasteiger partial charge in [0.25, 0.3) is 5.91 Å². The van der Waals surface area contributed by atoms with Crippen molar-refractivity contribution in [1.29, 1.82) is 0 Å². The van der Waals surface area contributed by atoms with Crippen LogP contribution in [-0.4, -0.2) is 47.0 Å².